The van der Waals surface area contributed by atoms with Crippen molar-refractivity contribution in [2.75, 3.05) is 18.1 Å². The summed E-state index contributed by atoms with van der Waals surface area (Å²) in [5.41, 5.74) is 0.341. The summed E-state index contributed by atoms with van der Waals surface area (Å²) in [5.74, 6) is 1.42. The first-order valence-electron chi connectivity index (χ1n) is 8.43. The second-order valence-electron chi connectivity index (χ2n) is 6.97. The van der Waals surface area contributed by atoms with Crippen LogP contribution in [0.4, 0.5) is 9.59 Å². The Balaban J connectivity index is 1.83. The number of alkyl halides is 1. The number of hydrogen-bond acceptors (Lipinski definition) is 7. The fraction of sp³-hybridized carbons (Fsp3) is 0.556. The molecule has 0 saturated heterocycles. The van der Waals surface area contributed by atoms with Crippen LogP contribution >= 0.6 is 22.6 Å². The number of nitrogens with zero attached hydrogens (tertiary/aromatic N) is 1. The zero-order valence-corrected chi connectivity index (χ0v) is 18.0. The first-order valence-corrected chi connectivity index (χ1v) is 9.96. The molecule has 1 amide bonds. The van der Waals surface area contributed by atoms with Crippen molar-refractivity contribution >= 4 is 34.8 Å². The topological polar surface area (TPSA) is 83.5 Å². The van der Waals surface area contributed by atoms with Crippen LogP contribution in [-0.2, 0) is 20.6 Å². The van der Waals surface area contributed by atoms with Gasteiger partial charge in [-0.2, -0.15) is 0 Å². The second kappa shape index (κ2) is 9.34. The summed E-state index contributed by atoms with van der Waals surface area (Å²) < 4.78 is 25.9. The first-order chi connectivity index (χ1) is 12.7. The fourth-order valence-electron chi connectivity index (χ4n) is 2.36. The largest absolute Gasteiger partial charge is 0.511 e. The van der Waals surface area contributed by atoms with Crippen LogP contribution in [0.5, 0.6) is 11.5 Å². The molecule has 1 aliphatic rings. The lowest BCUT2D eigenvalue weighted by Crippen LogP contribution is -2.39. The second-order valence-corrected chi connectivity index (χ2v) is 7.65. The molecular formula is C18H24INO7. The standard InChI is InChI=1S/C18H24INO7/c1-12(7-13-5-6-14-15(8-13)24-10-23-14)20(9-19)16(21)25-11-26-17(22)27-18(2,3)4/h5-6,8,12H,7,9-11H2,1-4H3. The molecule has 150 valence electrons. The summed E-state index contributed by atoms with van der Waals surface area (Å²) >= 11 is 2.08. The molecule has 8 nitrogen and oxygen atoms in total. The summed E-state index contributed by atoms with van der Waals surface area (Å²) in [6.45, 7) is 6.79. The van der Waals surface area contributed by atoms with Gasteiger partial charge < -0.3 is 23.7 Å². The van der Waals surface area contributed by atoms with Gasteiger partial charge in [-0.15, -0.1) is 0 Å². The number of hydrogen-bond donors (Lipinski definition) is 0. The third-order valence-electron chi connectivity index (χ3n) is 3.61. The molecule has 0 bridgehead atoms. The molecule has 27 heavy (non-hydrogen) atoms. The quantitative estimate of drug-likeness (QED) is 0.194. The minimum Gasteiger partial charge on any atom is -0.454 e. The third-order valence-corrected chi connectivity index (χ3v) is 4.35. The van der Waals surface area contributed by atoms with Crippen molar-refractivity contribution in [2.24, 2.45) is 0 Å². The highest BCUT2D eigenvalue weighted by Crippen LogP contribution is 2.33. The van der Waals surface area contributed by atoms with E-state index in [0.717, 1.165) is 11.3 Å². The highest BCUT2D eigenvalue weighted by Gasteiger charge is 2.23. The van der Waals surface area contributed by atoms with Gasteiger partial charge in [0, 0.05) is 6.04 Å². The van der Waals surface area contributed by atoms with Crippen LogP contribution in [0.3, 0.4) is 0 Å². The van der Waals surface area contributed by atoms with Crippen molar-refractivity contribution in [3.05, 3.63) is 23.8 Å². The molecule has 1 heterocycles. The Bertz CT molecular complexity index is 674. The summed E-state index contributed by atoms with van der Waals surface area (Å²) in [4.78, 5) is 25.3. The van der Waals surface area contributed by atoms with E-state index >= 15 is 0 Å². The Hall–Kier alpha value is -1.91. The van der Waals surface area contributed by atoms with Gasteiger partial charge >= 0.3 is 12.2 Å². The number of carbonyl (C=O) groups is 2. The van der Waals surface area contributed by atoms with Gasteiger partial charge in [0.25, 0.3) is 0 Å². The zero-order chi connectivity index (χ0) is 20.0. The highest BCUT2D eigenvalue weighted by atomic mass is 127. The van der Waals surface area contributed by atoms with Crippen LogP contribution in [0.2, 0.25) is 0 Å². The van der Waals surface area contributed by atoms with Gasteiger partial charge in [-0.25, -0.2) is 9.59 Å². The van der Waals surface area contributed by atoms with E-state index in [1.165, 1.54) is 0 Å². The fourth-order valence-corrected chi connectivity index (χ4v) is 3.31. The molecule has 9 heteroatoms. The zero-order valence-electron chi connectivity index (χ0n) is 15.8. The summed E-state index contributed by atoms with van der Waals surface area (Å²) in [6.07, 6.45) is -0.840. The number of benzene rings is 1. The van der Waals surface area contributed by atoms with E-state index < -0.39 is 24.6 Å². The Morgan fingerprint density at radius 2 is 1.93 bits per heavy atom. The highest BCUT2D eigenvalue weighted by molar-refractivity contribution is 14.1. The van der Waals surface area contributed by atoms with Crippen LogP contribution < -0.4 is 9.47 Å². The van der Waals surface area contributed by atoms with Crippen molar-refractivity contribution in [3.63, 3.8) is 0 Å². The monoisotopic (exact) mass is 493 g/mol. The van der Waals surface area contributed by atoms with Gasteiger partial charge in [0.2, 0.25) is 13.6 Å². The van der Waals surface area contributed by atoms with Crippen LogP contribution in [0.15, 0.2) is 18.2 Å². The summed E-state index contributed by atoms with van der Waals surface area (Å²) in [6, 6.07) is 5.57. The molecule has 0 saturated carbocycles. The molecule has 0 radical (unpaired) electrons. The maximum atomic E-state index is 12.3. The normalized spacial score (nSPS) is 13.7. The predicted octanol–water partition coefficient (Wildman–Crippen LogP) is 4.09. The van der Waals surface area contributed by atoms with Gasteiger partial charge in [0.15, 0.2) is 11.5 Å². The number of amides is 1. The molecule has 0 fully saturated rings. The summed E-state index contributed by atoms with van der Waals surface area (Å²) in [7, 11) is 0. The van der Waals surface area contributed by atoms with Gasteiger partial charge in [0.05, 0.1) is 4.55 Å². The lowest BCUT2D eigenvalue weighted by molar-refractivity contribution is -0.0522. The Morgan fingerprint density at radius 1 is 1.22 bits per heavy atom. The van der Waals surface area contributed by atoms with Gasteiger partial charge in [-0.3, -0.25) is 4.90 Å². The molecule has 1 aromatic rings. The number of carbonyl (C=O) groups excluding carboxylic acids is 2. The average molecular weight is 493 g/mol. The van der Waals surface area contributed by atoms with E-state index in [-0.39, 0.29) is 12.8 Å². The minimum atomic E-state index is -0.885. The average Bonchev–Trinajstić information content (AvgIpc) is 3.01. The van der Waals surface area contributed by atoms with E-state index in [0.29, 0.717) is 16.7 Å². The molecule has 1 aromatic carbocycles. The number of fused-ring (bicyclic) bond motifs is 1. The predicted molar refractivity (Wildman–Crippen MR) is 105 cm³/mol. The third kappa shape index (κ3) is 6.64. The van der Waals surface area contributed by atoms with Crippen LogP contribution in [0.1, 0.15) is 33.3 Å². The lowest BCUT2D eigenvalue weighted by atomic mass is 10.1. The molecule has 0 spiro atoms. The molecule has 1 atom stereocenters. The van der Waals surface area contributed by atoms with Crippen LogP contribution in [0, 0.1) is 0 Å². The van der Waals surface area contributed by atoms with E-state index in [1.807, 2.05) is 25.1 Å². The maximum Gasteiger partial charge on any atom is 0.511 e. The molecule has 2 rings (SSSR count). The molecular weight excluding hydrogens is 469 g/mol. The van der Waals surface area contributed by atoms with Gasteiger partial charge in [0.1, 0.15) is 5.60 Å². The Kier molecular flexibility index (Phi) is 7.40. The van der Waals surface area contributed by atoms with Crippen molar-refractivity contribution in [3.8, 4) is 11.5 Å². The Morgan fingerprint density at radius 3 is 2.59 bits per heavy atom. The molecule has 0 aromatic heterocycles. The lowest BCUT2D eigenvalue weighted by Gasteiger charge is -2.26. The van der Waals surface area contributed by atoms with Crippen LogP contribution in [0.25, 0.3) is 0 Å². The molecule has 1 unspecified atom stereocenters. The molecule has 0 N–H and O–H groups in total. The van der Waals surface area contributed by atoms with E-state index in [9.17, 15) is 9.59 Å². The van der Waals surface area contributed by atoms with E-state index in [1.54, 1.807) is 25.7 Å². The van der Waals surface area contributed by atoms with Gasteiger partial charge in [-0.1, -0.05) is 28.7 Å². The van der Waals surface area contributed by atoms with Crippen LogP contribution in [-0.4, -0.2) is 46.9 Å². The molecule has 0 aliphatic carbocycles. The Labute approximate surface area is 172 Å². The number of ether oxygens (including phenoxy) is 5. The first kappa shape index (κ1) is 21.4. The van der Waals surface area contributed by atoms with Crippen molar-refractivity contribution in [1.82, 2.24) is 4.90 Å². The van der Waals surface area contributed by atoms with Crippen molar-refractivity contribution in [1.29, 1.82) is 0 Å². The SMILES string of the molecule is CC(Cc1ccc2c(c1)OCO2)N(CI)C(=O)OCOC(=O)OC(C)(C)C. The minimum absolute atomic E-state index is 0.128. The van der Waals surface area contributed by atoms with Gasteiger partial charge in [-0.05, 0) is 51.8 Å². The van der Waals surface area contributed by atoms with Crippen molar-refractivity contribution in [2.45, 2.75) is 45.8 Å². The summed E-state index contributed by atoms with van der Waals surface area (Å²) in [5, 5.41) is 0. The van der Waals surface area contributed by atoms with Crippen molar-refractivity contribution < 1.29 is 33.3 Å². The maximum absolute atomic E-state index is 12.3. The number of halogens is 1. The molecule has 1 aliphatic heterocycles. The smallest absolute Gasteiger partial charge is 0.454 e. The number of rotatable bonds is 6. The van der Waals surface area contributed by atoms with E-state index in [4.69, 9.17) is 23.7 Å². The van der Waals surface area contributed by atoms with E-state index in [2.05, 4.69) is 22.6 Å².